The first-order valence-electron chi connectivity index (χ1n) is 7.61. The van der Waals surface area contributed by atoms with Crippen LogP contribution in [0.4, 0.5) is 11.4 Å². The molecule has 3 aromatic carbocycles. The molecule has 0 radical (unpaired) electrons. The van der Waals surface area contributed by atoms with Crippen molar-refractivity contribution in [2.75, 3.05) is 5.32 Å². The van der Waals surface area contributed by atoms with Crippen molar-refractivity contribution in [2.24, 2.45) is 0 Å². The van der Waals surface area contributed by atoms with Gasteiger partial charge in [0.15, 0.2) is 11.5 Å². The van der Waals surface area contributed by atoms with Gasteiger partial charge in [0.25, 0.3) is 0 Å². The van der Waals surface area contributed by atoms with E-state index >= 15 is 0 Å². The van der Waals surface area contributed by atoms with E-state index < -0.39 is 5.97 Å². The molecule has 4 rings (SSSR count). The largest absolute Gasteiger partial charge is 0.478 e. The first-order valence-corrected chi connectivity index (χ1v) is 7.61. The first kappa shape index (κ1) is 14.8. The zero-order valence-electron chi connectivity index (χ0n) is 13.0. The predicted octanol–water partition coefficient (Wildman–Crippen LogP) is 4.77. The van der Waals surface area contributed by atoms with Crippen LogP contribution in [0.5, 0.6) is 11.5 Å². The van der Waals surface area contributed by atoms with Gasteiger partial charge in [0.2, 0.25) is 0 Å². The third-order valence-electron chi connectivity index (χ3n) is 4.03. The van der Waals surface area contributed by atoms with Gasteiger partial charge in [-0.1, -0.05) is 36.4 Å². The van der Waals surface area contributed by atoms with Crippen molar-refractivity contribution < 1.29 is 14.6 Å². The van der Waals surface area contributed by atoms with Gasteiger partial charge in [-0.05, 0) is 29.3 Å². The third-order valence-corrected chi connectivity index (χ3v) is 4.03. The van der Waals surface area contributed by atoms with Gasteiger partial charge in [0, 0.05) is 6.07 Å². The van der Waals surface area contributed by atoms with Crippen LogP contribution in [-0.4, -0.2) is 11.1 Å². The monoisotopic (exact) mass is 328 g/mol. The van der Waals surface area contributed by atoms with E-state index in [2.05, 4.69) is 5.32 Å². The Bertz CT molecular complexity index is 1040. The molecule has 5 nitrogen and oxygen atoms in total. The van der Waals surface area contributed by atoms with E-state index in [1.54, 1.807) is 0 Å². The van der Waals surface area contributed by atoms with E-state index in [-0.39, 0.29) is 11.1 Å². The molecule has 1 aliphatic rings. The average molecular weight is 328 g/mol. The summed E-state index contributed by atoms with van der Waals surface area (Å²) in [5.41, 5.74) is 3.31. The zero-order valence-corrected chi connectivity index (χ0v) is 13.0. The zero-order chi connectivity index (χ0) is 17.4. The maximum Gasteiger partial charge on any atom is 0.338 e. The normalized spacial score (nSPS) is 11.3. The number of carbonyl (C=O) groups is 1. The van der Waals surface area contributed by atoms with Gasteiger partial charge in [-0.3, -0.25) is 0 Å². The van der Waals surface area contributed by atoms with Crippen LogP contribution in [0.15, 0.2) is 60.7 Å². The number of hydrogen-bond donors (Lipinski definition) is 2. The lowest BCUT2D eigenvalue weighted by molar-refractivity contribution is 0.0697. The maximum absolute atomic E-state index is 11.5. The van der Waals surface area contributed by atoms with E-state index in [0.29, 0.717) is 22.9 Å². The Hall–Kier alpha value is -3.78. The molecule has 1 heterocycles. The summed E-state index contributed by atoms with van der Waals surface area (Å²) in [4.78, 5) is 11.5. The van der Waals surface area contributed by atoms with Crippen LogP contribution in [-0.2, 0) is 0 Å². The molecule has 0 spiro atoms. The fraction of sp³-hybridized carbons (Fsp3) is 0. The number of anilines is 2. The minimum atomic E-state index is -1.12. The highest BCUT2D eigenvalue weighted by atomic mass is 16.5. The van der Waals surface area contributed by atoms with Crippen molar-refractivity contribution in [1.82, 2.24) is 0 Å². The summed E-state index contributed by atoms with van der Waals surface area (Å²) in [6.45, 7) is 0. The van der Waals surface area contributed by atoms with Crippen LogP contribution in [0.2, 0.25) is 0 Å². The second-order valence-electron chi connectivity index (χ2n) is 5.62. The molecule has 0 unspecified atom stereocenters. The topological polar surface area (TPSA) is 82.4 Å². The Balaban J connectivity index is 1.80. The lowest BCUT2D eigenvalue weighted by Gasteiger charge is -2.24. The molecule has 3 aromatic rings. The molecule has 1 aliphatic heterocycles. The van der Waals surface area contributed by atoms with Gasteiger partial charge in [0.05, 0.1) is 28.6 Å². The van der Waals surface area contributed by atoms with E-state index in [9.17, 15) is 9.90 Å². The summed E-state index contributed by atoms with van der Waals surface area (Å²) < 4.78 is 5.90. The van der Waals surface area contributed by atoms with Crippen LogP contribution in [0, 0.1) is 11.3 Å². The van der Waals surface area contributed by atoms with E-state index in [4.69, 9.17) is 10.00 Å². The summed E-state index contributed by atoms with van der Waals surface area (Å²) in [7, 11) is 0. The first-order chi connectivity index (χ1) is 12.2. The molecule has 0 saturated heterocycles. The Morgan fingerprint density at radius 3 is 2.52 bits per heavy atom. The number of nitrogens with zero attached hydrogens (tertiary/aromatic N) is 1. The minimum absolute atomic E-state index is 0.00633. The number of benzene rings is 3. The second-order valence-corrected chi connectivity index (χ2v) is 5.62. The maximum atomic E-state index is 11.5. The van der Waals surface area contributed by atoms with Crippen LogP contribution < -0.4 is 10.1 Å². The van der Waals surface area contributed by atoms with E-state index in [1.165, 1.54) is 12.1 Å². The molecule has 120 valence electrons. The lowest BCUT2D eigenvalue weighted by atomic mass is 10.0. The molecular weight excluding hydrogens is 316 g/mol. The smallest absolute Gasteiger partial charge is 0.338 e. The standard InChI is InChI=1S/C20H12N2O3/c21-11-12-8-15(20(23)24)19-18(9-12)25-17-10-14(6-7-16(17)22-19)13-4-2-1-3-5-13/h1-10,22H,(H,23,24). The highest BCUT2D eigenvalue weighted by Crippen LogP contribution is 2.45. The fourth-order valence-corrected chi connectivity index (χ4v) is 2.83. The summed E-state index contributed by atoms with van der Waals surface area (Å²) in [6.07, 6.45) is 0. The Morgan fingerprint density at radius 2 is 1.80 bits per heavy atom. The summed E-state index contributed by atoms with van der Waals surface area (Å²) in [5.74, 6) is -0.205. The van der Waals surface area contributed by atoms with Crippen LogP contribution >= 0.6 is 0 Å². The minimum Gasteiger partial charge on any atom is -0.478 e. The van der Waals surface area contributed by atoms with Crippen molar-refractivity contribution in [3.05, 3.63) is 71.8 Å². The highest BCUT2D eigenvalue weighted by molar-refractivity contribution is 5.99. The number of carboxylic acid groups (broad SMARTS) is 1. The van der Waals surface area contributed by atoms with Gasteiger partial charge in [-0.15, -0.1) is 0 Å². The lowest BCUT2D eigenvalue weighted by Crippen LogP contribution is -2.09. The number of hydrogen-bond acceptors (Lipinski definition) is 4. The second kappa shape index (κ2) is 5.69. The van der Waals surface area contributed by atoms with Gasteiger partial charge >= 0.3 is 5.97 Å². The molecule has 5 heteroatoms. The number of rotatable bonds is 2. The van der Waals surface area contributed by atoms with Crippen molar-refractivity contribution in [3.8, 4) is 28.7 Å². The van der Waals surface area contributed by atoms with E-state index in [1.807, 2.05) is 54.6 Å². The summed E-state index contributed by atoms with van der Waals surface area (Å²) >= 11 is 0. The number of nitriles is 1. The van der Waals surface area contributed by atoms with Crippen molar-refractivity contribution in [3.63, 3.8) is 0 Å². The average Bonchev–Trinajstić information content (AvgIpc) is 2.65. The van der Waals surface area contributed by atoms with Crippen molar-refractivity contribution in [2.45, 2.75) is 0 Å². The SMILES string of the molecule is N#Cc1cc2c(c(C(=O)O)c1)Nc1ccc(-c3ccccc3)cc1O2. The highest BCUT2D eigenvalue weighted by Gasteiger charge is 2.24. The summed E-state index contributed by atoms with van der Waals surface area (Å²) in [5, 5.41) is 21.6. The Kier molecular flexibility index (Phi) is 3.37. The third kappa shape index (κ3) is 2.56. The van der Waals surface area contributed by atoms with Crippen LogP contribution in [0.3, 0.4) is 0 Å². The van der Waals surface area contributed by atoms with Crippen molar-refractivity contribution in [1.29, 1.82) is 5.26 Å². The molecule has 0 aromatic heterocycles. The van der Waals surface area contributed by atoms with Gasteiger partial charge in [-0.25, -0.2) is 4.79 Å². The van der Waals surface area contributed by atoms with Crippen molar-refractivity contribution >= 4 is 17.3 Å². The molecule has 0 aliphatic carbocycles. The quantitative estimate of drug-likeness (QED) is 0.554. The molecule has 2 N–H and O–H groups in total. The molecule has 25 heavy (non-hydrogen) atoms. The Morgan fingerprint density at radius 1 is 1.00 bits per heavy atom. The molecule has 0 fully saturated rings. The summed E-state index contributed by atoms with van der Waals surface area (Å²) in [6, 6.07) is 20.4. The Labute approximate surface area is 143 Å². The molecule has 0 atom stereocenters. The molecular formula is C20H12N2O3. The van der Waals surface area contributed by atoms with Gasteiger partial charge in [-0.2, -0.15) is 5.26 Å². The fourth-order valence-electron chi connectivity index (χ4n) is 2.83. The number of carboxylic acids is 1. The molecule has 0 bridgehead atoms. The number of nitrogens with one attached hydrogen (secondary N) is 1. The molecule has 0 amide bonds. The number of fused-ring (bicyclic) bond motifs is 2. The van der Waals surface area contributed by atoms with Crippen LogP contribution in [0.25, 0.3) is 11.1 Å². The van der Waals surface area contributed by atoms with Crippen LogP contribution in [0.1, 0.15) is 15.9 Å². The van der Waals surface area contributed by atoms with Gasteiger partial charge in [0.1, 0.15) is 0 Å². The predicted molar refractivity (Wildman–Crippen MR) is 93.4 cm³/mol. The molecule has 0 saturated carbocycles. The number of ether oxygens (including phenoxy) is 1. The van der Waals surface area contributed by atoms with E-state index in [0.717, 1.165) is 11.1 Å². The van der Waals surface area contributed by atoms with Gasteiger partial charge < -0.3 is 15.2 Å². The number of aromatic carboxylic acids is 1.